The standard InChI is InChI=1S/C14H24N4O/c1-5-9-15-11-7-6-8-12(17-11)16-10-13(19)18-14(2,3)4/h6-8H,5,9-10H2,1-4H3,(H,18,19)(H2,15,16,17). The van der Waals surface area contributed by atoms with Crippen molar-refractivity contribution in [1.82, 2.24) is 10.3 Å². The van der Waals surface area contributed by atoms with Crippen LogP contribution < -0.4 is 16.0 Å². The van der Waals surface area contributed by atoms with Crippen LogP contribution in [0.15, 0.2) is 18.2 Å². The van der Waals surface area contributed by atoms with E-state index in [-0.39, 0.29) is 18.0 Å². The smallest absolute Gasteiger partial charge is 0.239 e. The van der Waals surface area contributed by atoms with Crippen LogP contribution in [0, 0.1) is 0 Å². The SMILES string of the molecule is CCCNc1cccc(NCC(=O)NC(C)(C)C)n1. The number of amides is 1. The number of anilines is 2. The van der Waals surface area contributed by atoms with E-state index in [0.717, 1.165) is 18.8 Å². The molecule has 19 heavy (non-hydrogen) atoms. The second-order valence-electron chi connectivity index (χ2n) is 5.49. The number of nitrogens with zero attached hydrogens (tertiary/aromatic N) is 1. The zero-order valence-corrected chi connectivity index (χ0v) is 12.2. The highest BCUT2D eigenvalue weighted by atomic mass is 16.2. The fraction of sp³-hybridized carbons (Fsp3) is 0.571. The first-order valence-electron chi connectivity index (χ1n) is 6.66. The summed E-state index contributed by atoms with van der Waals surface area (Å²) in [7, 11) is 0. The van der Waals surface area contributed by atoms with Gasteiger partial charge in [0.2, 0.25) is 5.91 Å². The normalized spacial score (nSPS) is 10.9. The molecule has 106 valence electrons. The van der Waals surface area contributed by atoms with Gasteiger partial charge in [0.1, 0.15) is 11.6 Å². The largest absolute Gasteiger partial charge is 0.370 e. The monoisotopic (exact) mass is 264 g/mol. The zero-order chi connectivity index (χ0) is 14.3. The van der Waals surface area contributed by atoms with Crippen LogP contribution in [0.3, 0.4) is 0 Å². The van der Waals surface area contributed by atoms with E-state index in [4.69, 9.17) is 0 Å². The number of pyridine rings is 1. The molecule has 1 aromatic heterocycles. The third-order valence-electron chi connectivity index (χ3n) is 2.25. The van der Waals surface area contributed by atoms with Gasteiger partial charge in [0.05, 0.1) is 6.54 Å². The maximum Gasteiger partial charge on any atom is 0.239 e. The predicted molar refractivity (Wildman–Crippen MR) is 79.4 cm³/mol. The Morgan fingerprint density at radius 2 is 1.84 bits per heavy atom. The summed E-state index contributed by atoms with van der Waals surface area (Å²) in [6.07, 6.45) is 1.05. The van der Waals surface area contributed by atoms with Crippen LogP contribution in [0.2, 0.25) is 0 Å². The number of hydrogen-bond donors (Lipinski definition) is 3. The second kappa shape index (κ2) is 6.97. The number of nitrogens with one attached hydrogen (secondary N) is 3. The maximum atomic E-state index is 11.7. The van der Waals surface area contributed by atoms with Gasteiger partial charge in [0.15, 0.2) is 0 Å². The molecular formula is C14H24N4O. The molecule has 0 aliphatic carbocycles. The average molecular weight is 264 g/mol. The molecule has 0 bridgehead atoms. The van der Waals surface area contributed by atoms with Crippen molar-refractivity contribution in [1.29, 1.82) is 0 Å². The van der Waals surface area contributed by atoms with E-state index in [0.29, 0.717) is 5.82 Å². The van der Waals surface area contributed by atoms with Gasteiger partial charge in [-0.15, -0.1) is 0 Å². The molecule has 0 aliphatic rings. The minimum absolute atomic E-state index is 0.0405. The first-order chi connectivity index (χ1) is 8.90. The Bertz CT molecular complexity index is 412. The molecule has 0 radical (unpaired) electrons. The molecule has 0 aromatic carbocycles. The summed E-state index contributed by atoms with van der Waals surface area (Å²) in [5.74, 6) is 1.48. The molecule has 0 saturated heterocycles. The number of hydrogen-bond acceptors (Lipinski definition) is 4. The summed E-state index contributed by atoms with van der Waals surface area (Å²) in [4.78, 5) is 16.0. The van der Waals surface area contributed by atoms with Crippen molar-refractivity contribution in [3.05, 3.63) is 18.2 Å². The van der Waals surface area contributed by atoms with Crippen molar-refractivity contribution < 1.29 is 4.79 Å². The Morgan fingerprint density at radius 3 is 2.42 bits per heavy atom. The van der Waals surface area contributed by atoms with Crippen LogP contribution in [0.5, 0.6) is 0 Å². The summed E-state index contributed by atoms with van der Waals surface area (Å²) >= 11 is 0. The van der Waals surface area contributed by atoms with Crippen LogP contribution in [0.4, 0.5) is 11.6 Å². The molecule has 1 amide bonds. The molecular weight excluding hydrogens is 240 g/mol. The van der Waals surface area contributed by atoms with E-state index >= 15 is 0 Å². The Hall–Kier alpha value is -1.78. The first kappa shape index (κ1) is 15.3. The van der Waals surface area contributed by atoms with Gasteiger partial charge in [-0.1, -0.05) is 13.0 Å². The van der Waals surface area contributed by atoms with Gasteiger partial charge in [-0.3, -0.25) is 4.79 Å². The molecule has 1 heterocycles. The summed E-state index contributed by atoms with van der Waals surface area (Å²) in [5, 5.41) is 9.12. The molecule has 5 heteroatoms. The Labute approximate surface area is 115 Å². The van der Waals surface area contributed by atoms with Gasteiger partial charge >= 0.3 is 0 Å². The summed E-state index contributed by atoms with van der Waals surface area (Å²) in [6, 6.07) is 5.67. The summed E-state index contributed by atoms with van der Waals surface area (Å²) in [6.45, 7) is 9.09. The minimum atomic E-state index is -0.212. The number of aromatic nitrogens is 1. The Balaban J connectivity index is 2.46. The highest BCUT2D eigenvalue weighted by Crippen LogP contribution is 2.08. The van der Waals surface area contributed by atoms with E-state index in [1.807, 2.05) is 39.0 Å². The molecule has 0 atom stereocenters. The molecule has 1 rings (SSSR count). The van der Waals surface area contributed by atoms with E-state index in [1.165, 1.54) is 0 Å². The third-order valence-corrected chi connectivity index (χ3v) is 2.25. The molecule has 0 unspecified atom stereocenters. The maximum absolute atomic E-state index is 11.7. The molecule has 0 spiro atoms. The fourth-order valence-electron chi connectivity index (χ4n) is 1.52. The highest BCUT2D eigenvalue weighted by Gasteiger charge is 2.13. The molecule has 0 aliphatic heterocycles. The summed E-state index contributed by atoms with van der Waals surface area (Å²) in [5.41, 5.74) is -0.212. The highest BCUT2D eigenvalue weighted by molar-refractivity contribution is 5.81. The Kier molecular flexibility index (Phi) is 5.60. The van der Waals surface area contributed by atoms with Crippen molar-refractivity contribution >= 4 is 17.5 Å². The van der Waals surface area contributed by atoms with E-state index < -0.39 is 0 Å². The predicted octanol–water partition coefficient (Wildman–Crippen LogP) is 2.23. The lowest BCUT2D eigenvalue weighted by atomic mass is 10.1. The number of carbonyl (C=O) groups is 1. The van der Waals surface area contributed by atoms with Crippen LogP contribution in [0.1, 0.15) is 34.1 Å². The number of carbonyl (C=O) groups excluding carboxylic acids is 1. The second-order valence-corrected chi connectivity index (χ2v) is 5.49. The third kappa shape index (κ3) is 6.64. The quantitative estimate of drug-likeness (QED) is 0.737. The van der Waals surface area contributed by atoms with Gasteiger partial charge in [-0.05, 0) is 39.3 Å². The van der Waals surface area contributed by atoms with Gasteiger partial charge in [0.25, 0.3) is 0 Å². The van der Waals surface area contributed by atoms with E-state index in [9.17, 15) is 4.79 Å². The van der Waals surface area contributed by atoms with Crippen molar-refractivity contribution in [3.63, 3.8) is 0 Å². The van der Waals surface area contributed by atoms with Gasteiger partial charge < -0.3 is 16.0 Å². The fourth-order valence-corrected chi connectivity index (χ4v) is 1.52. The van der Waals surface area contributed by atoms with Crippen LogP contribution in [0.25, 0.3) is 0 Å². The topological polar surface area (TPSA) is 66.0 Å². The van der Waals surface area contributed by atoms with Crippen molar-refractivity contribution in [2.75, 3.05) is 23.7 Å². The van der Waals surface area contributed by atoms with Gasteiger partial charge in [-0.2, -0.15) is 0 Å². The van der Waals surface area contributed by atoms with E-state index in [2.05, 4.69) is 27.9 Å². The van der Waals surface area contributed by atoms with Crippen molar-refractivity contribution in [3.8, 4) is 0 Å². The van der Waals surface area contributed by atoms with Gasteiger partial charge in [-0.25, -0.2) is 4.98 Å². The van der Waals surface area contributed by atoms with Crippen LogP contribution >= 0.6 is 0 Å². The first-order valence-corrected chi connectivity index (χ1v) is 6.66. The van der Waals surface area contributed by atoms with E-state index in [1.54, 1.807) is 0 Å². The minimum Gasteiger partial charge on any atom is -0.370 e. The molecule has 0 saturated carbocycles. The lowest BCUT2D eigenvalue weighted by molar-refractivity contribution is -0.120. The molecule has 1 aromatic rings. The molecule has 5 nitrogen and oxygen atoms in total. The summed E-state index contributed by atoms with van der Waals surface area (Å²) < 4.78 is 0. The van der Waals surface area contributed by atoms with Crippen LogP contribution in [-0.2, 0) is 4.79 Å². The van der Waals surface area contributed by atoms with Crippen LogP contribution in [-0.4, -0.2) is 29.5 Å². The molecule has 0 fully saturated rings. The van der Waals surface area contributed by atoms with Crippen molar-refractivity contribution in [2.24, 2.45) is 0 Å². The lowest BCUT2D eigenvalue weighted by Gasteiger charge is -2.20. The zero-order valence-electron chi connectivity index (χ0n) is 12.2. The Morgan fingerprint density at radius 1 is 1.21 bits per heavy atom. The number of rotatable bonds is 6. The average Bonchev–Trinajstić information content (AvgIpc) is 2.32. The van der Waals surface area contributed by atoms with Gasteiger partial charge in [0, 0.05) is 12.1 Å². The lowest BCUT2D eigenvalue weighted by Crippen LogP contribution is -2.43. The molecule has 3 N–H and O–H groups in total. The van der Waals surface area contributed by atoms with Crippen molar-refractivity contribution in [2.45, 2.75) is 39.7 Å².